The molecule has 3 rings (SSSR count). The highest BCUT2D eigenvalue weighted by molar-refractivity contribution is 5.53. The first kappa shape index (κ1) is 16.7. The zero-order valence-corrected chi connectivity index (χ0v) is 13.0. The van der Waals surface area contributed by atoms with Crippen LogP contribution in [0, 0.1) is 0 Å². The first-order valence-corrected chi connectivity index (χ1v) is 7.41. The molecule has 0 unspecified atom stereocenters. The largest absolute Gasteiger partial charge is 0.416 e. The Morgan fingerprint density at radius 3 is 2.52 bits per heavy atom. The van der Waals surface area contributed by atoms with Gasteiger partial charge in [0.15, 0.2) is 0 Å². The zero-order chi connectivity index (χ0) is 17.7. The number of benzene rings is 1. The summed E-state index contributed by atoms with van der Waals surface area (Å²) in [6, 6.07) is 10.4. The minimum absolute atomic E-state index is 0.218. The SMILES string of the molecule is FC(F)(F)c1cccc(CNc2ccnc(Nc3ccncc3)n2)c1. The van der Waals surface area contributed by atoms with Gasteiger partial charge in [0.05, 0.1) is 5.56 Å². The van der Waals surface area contributed by atoms with Gasteiger partial charge in [0.1, 0.15) is 5.82 Å². The summed E-state index contributed by atoms with van der Waals surface area (Å²) in [6.45, 7) is 0.218. The fourth-order valence-electron chi connectivity index (χ4n) is 2.13. The lowest BCUT2D eigenvalue weighted by atomic mass is 10.1. The zero-order valence-electron chi connectivity index (χ0n) is 13.0. The molecule has 0 fully saturated rings. The number of alkyl halides is 3. The van der Waals surface area contributed by atoms with Crippen LogP contribution in [0.3, 0.4) is 0 Å². The Balaban J connectivity index is 1.67. The number of halogens is 3. The van der Waals surface area contributed by atoms with E-state index in [1.165, 1.54) is 6.07 Å². The van der Waals surface area contributed by atoms with Gasteiger partial charge in [0.2, 0.25) is 5.95 Å². The number of anilines is 3. The summed E-state index contributed by atoms with van der Waals surface area (Å²) in [6.07, 6.45) is 0.480. The molecule has 0 radical (unpaired) electrons. The second kappa shape index (κ2) is 7.16. The molecule has 25 heavy (non-hydrogen) atoms. The van der Waals surface area contributed by atoms with E-state index in [-0.39, 0.29) is 6.54 Å². The van der Waals surface area contributed by atoms with Gasteiger partial charge in [-0.3, -0.25) is 4.98 Å². The maximum atomic E-state index is 12.7. The third-order valence-corrected chi connectivity index (χ3v) is 3.32. The molecule has 0 amide bonds. The van der Waals surface area contributed by atoms with Crippen LogP contribution in [0.15, 0.2) is 61.1 Å². The quantitative estimate of drug-likeness (QED) is 0.724. The molecule has 0 aliphatic rings. The Bertz CT molecular complexity index is 837. The summed E-state index contributed by atoms with van der Waals surface area (Å²) in [5.74, 6) is 0.879. The lowest BCUT2D eigenvalue weighted by Gasteiger charge is -2.10. The number of hydrogen-bond donors (Lipinski definition) is 2. The molecule has 0 saturated heterocycles. The molecule has 8 heteroatoms. The van der Waals surface area contributed by atoms with Crippen LogP contribution in [0.2, 0.25) is 0 Å². The van der Waals surface area contributed by atoms with E-state index in [2.05, 4.69) is 25.6 Å². The van der Waals surface area contributed by atoms with Crippen molar-refractivity contribution in [1.29, 1.82) is 0 Å². The maximum Gasteiger partial charge on any atom is 0.416 e. The lowest BCUT2D eigenvalue weighted by Crippen LogP contribution is -2.07. The Morgan fingerprint density at radius 1 is 0.960 bits per heavy atom. The minimum atomic E-state index is -4.35. The highest BCUT2D eigenvalue weighted by Gasteiger charge is 2.30. The smallest absolute Gasteiger partial charge is 0.366 e. The first-order chi connectivity index (χ1) is 12.0. The van der Waals surface area contributed by atoms with Crippen LogP contribution < -0.4 is 10.6 Å². The molecule has 2 heterocycles. The summed E-state index contributed by atoms with van der Waals surface area (Å²) in [4.78, 5) is 12.3. The van der Waals surface area contributed by atoms with Gasteiger partial charge in [-0.2, -0.15) is 18.2 Å². The van der Waals surface area contributed by atoms with Crippen molar-refractivity contribution < 1.29 is 13.2 Å². The van der Waals surface area contributed by atoms with E-state index >= 15 is 0 Å². The Hall–Kier alpha value is -3.16. The molecular weight excluding hydrogens is 331 g/mol. The predicted octanol–water partition coefficient (Wildman–Crippen LogP) is 4.25. The number of aromatic nitrogens is 3. The van der Waals surface area contributed by atoms with Crippen molar-refractivity contribution in [3.63, 3.8) is 0 Å². The summed E-state index contributed by atoms with van der Waals surface area (Å²) in [7, 11) is 0. The van der Waals surface area contributed by atoms with Crippen LogP contribution in [-0.4, -0.2) is 15.0 Å². The molecule has 0 atom stereocenters. The van der Waals surface area contributed by atoms with Crippen LogP contribution in [0.1, 0.15) is 11.1 Å². The van der Waals surface area contributed by atoms with Crippen LogP contribution in [-0.2, 0) is 12.7 Å². The number of nitrogens with zero attached hydrogens (tertiary/aromatic N) is 3. The minimum Gasteiger partial charge on any atom is -0.366 e. The van der Waals surface area contributed by atoms with Gasteiger partial charge in [-0.25, -0.2) is 4.98 Å². The molecule has 0 bridgehead atoms. The average Bonchev–Trinajstić information content (AvgIpc) is 2.61. The molecule has 0 aliphatic heterocycles. The van der Waals surface area contributed by atoms with E-state index in [1.54, 1.807) is 42.9 Å². The molecule has 1 aromatic carbocycles. The molecular formula is C17H14F3N5. The average molecular weight is 345 g/mol. The fraction of sp³-hybridized carbons (Fsp3) is 0.118. The van der Waals surface area contributed by atoms with Crippen LogP contribution >= 0.6 is 0 Å². The molecule has 128 valence electrons. The van der Waals surface area contributed by atoms with E-state index in [9.17, 15) is 13.2 Å². The second-order valence-electron chi connectivity index (χ2n) is 5.18. The van der Waals surface area contributed by atoms with Gasteiger partial charge in [-0.05, 0) is 35.9 Å². The second-order valence-corrected chi connectivity index (χ2v) is 5.18. The summed E-state index contributed by atoms with van der Waals surface area (Å²) in [5, 5.41) is 6.02. The molecule has 0 spiro atoms. The van der Waals surface area contributed by atoms with Crippen molar-refractivity contribution in [2.75, 3.05) is 10.6 Å². The van der Waals surface area contributed by atoms with Crippen molar-refractivity contribution in [3.05, 3.63) is 72.2 Å². The van der Waals surface area contributed by atoms with Gasteiger partial charge in [0, 0.05) is 30.8 Å². The Kier molecular flexibility index (Phi) is 4.78. The highest BCUT2D eigenvalue weighted by atomic mass is 19.4. The van der Waals surface area contributed by atoms with Crippen LogP contribution in [0.5, 0.6) is 0 Å². The third kappa shape index (κ3) is 4.66. The Labute approximate surface area is 142 Å². The number of nitrogens with one attached hydrogen (secondary N) is 2. The highest BCUT2D eigenvalue weighted by Crippen LogP contribution is 2.29. The number of rotatable bonds is 5. The van der Waals surface area contributed by atoms with Gasteiger partial charge in [-0.1, -0.05) is 12.1 Å². The first-order valence-electron chi connectivity index (χ1n) is 7.41. The predicted molar refractivity (Wildman–Crippen MR) is 88.3 cm³/mol. The van der Waals surface area contributed by atoms with Crippen LogP contribution in [0.25, 0.3) is 0 Å². The summed E-state index contributed by atoms with van der Waals surface area (Å²) in [5.41, 5.74) is 0.622. The molecule has 3 aromatic rings. The molecule has 2 N–H and O–H groups in total. The number of hydrogen-bond acceptors (Lipinski definition) is 5. The molecule has 2 aromatic heterocycles. The fourth-order valence-corrected chi connectivity index (χ4v) is 2.13. The Morgan fingerprint density at radius 2 is 1.76 bits per heavy atom. The topological polar surface area (TPSA) is 62.7 Å². The molecule has 0 aliphatic carbocycles. The van der Waals surface area contributed by atoms with Crippen molar-refractivity contribution in [2.45, 2.75) is 12.7 Å². The summed E-state index contributed by atoms with van der Waals surface area (Å²) < 4.78 is 38.2. The molecule has 5 nitrogen and oxygen atoms in total. The standard InChI is InChI=1S/C17H14F3N5/c18-17(19,20)13-3-1-2-12(10-13)11-23-15-6-9-22-16(25-15)24-14-4-7-21-8-5-14/h1-10H,11H2,(H2,21,22,23,24,25). The van der Waals surface area contributed by atoms with Crippen molar-refractivity contribution >= 4 is 17.5 Å². The molecule has 0 saturated carbocycles. The summed E-state index contributed by atoms with van der Waals surface area (Å²) >= 11 is 0. The van der Waals surface area contributed by atoms with E-state index in [0.29, 0.717) is 17.3 Å². The van der Waals surface area contributed by atoms with Crippen LogP contribution in [0.4, 0.5) is 30.6 Å². The number of pyridine rings is 1. The van der Waals surface area contributed by atoms with Crippen molar-refractivity contribution in [1.82, 2.24) is 15.0 Å². The van der Waals surface area contributed by atoms with E-state index in [4.69, 9.17) is 0 Å². The van der Waals surface area contributed by atoms with Crippen molar-refractivity contribution in [2.24, 2.45) is 0 Å². The lowest BCUT2D eigenvalue weighted by molar-refractivity contribution is -0.137. The van der Waals surface area contributed by atoms with E-state index in [1.807, 2.05) is 0 Å². The third-order valence-electron chi connectivity index (χ3n) is 3.32. The van der Waals surface area contributed by atoms with Gasteiger partial charge in [-0.15, -0.1) is 0 Å². The maximum absolute atomic E-state index is 12.7. The van der Waals surface area contributed by atoms with Gasteiger partial charge in [0.25, 0.3) is 0 Å². The van der Waals surface area contributed by atoms with Crippen molar-refractivity contribution in [3.8, 4) is 0 Å². The van der Waals surface area contributed by atoms with Gasteiger partial charge < -0.3 is 10.6 Å². The van der Waals surface area contributed by atoms with Gasteiger partial charge >= 0.3 is 6.18 Å². The monoisotopic (exact) mass is 345 g/mol. The van der Waals surface area contributed by atoms with E-state index < -0.39 is 11.7 Å². The van der Waals surface area contributed by atoms with E-state index in [0.717, 1.165) is 17.8 Å². The normalized spacial score (nSPS) is 11.2.